The van der Waals surface area contributed by atoms with Crippen molar-refractivity contribution in [3.05, 3.63) is 53.1 Å². The Morgan fingerprint density at radius 3 is 2.28 bits per heavy atom. The van der Waals surface area contributed by atoms with Crippen LogP contribution in [0, 0.1) is 6.92 Å². The summed E-state index contributed by atoms with van der Waals surface area (Å²) in [5.41, 5.74) is 1.88. The Balaban J connectivity index is 1.89. The number of aryl methyl sites for hydroxylation is 1. The lowest BCUT2D eigenvalue weighted by atomic mass is 9.97. The Hall–Kier alpha value is -3.02. The second-order valence-corrected chi connectivity index (χ2v) is 7.48. The minimum Gasteiger partial charge on any atom is -0.478 e. The predicted octanol–water partition coefficient (Wildman–Crippen LogP) is -0.101. The summed E-state index contributed by atoms with van der Waals surface area (Å²) in [5, 5.41) is 51.1. The minimum absolute atomic E-state index is 0.0413. The topological polar surface area (TPSA) is 166 Å². The summed E-state index contributed by atoms with van der Waals surface area (Å²) in [4.78, 5) is 23.5. The van der Waals surface area contributed by atoms with Gasteiger partial charge in [0.15, 0.2) is 0 Å². The van der Waals surface area contributed by atoms with Crippen molar-refractivity contribution in [3.8, 4) is 16.9 Å². The summed E-state index contributed by atoms with van der Waals surface area (Å²) in [6.07, 6.45) is -7.03. The number of carboxylic acids is 1. The van der Waals surface area contributed by atoms with Crippen LogP contribution in [0.25, 0.3) is 11.1 Å². The molecule has 2 aromatic rings. The largest absolute Gasteiger partial charge is 0.478 e. The van der Waals surface area contributed by atoms with Crippen LogP contribution < -0.4 is 10.1 Å². The van der Waals surface area contributed by atoms with Gasteiger partial charge < -0.3 is 40.3 Å². The molecule has 0 spiro atoms. The van der Waals surface area contributed by atoms with E-state index in [0.717, 1.165) is 0 Å². The minimum atomic E-state index is -1.56. The van der Waals surface area contributed by atoms with E-state index in [-0.39, 0.29) is 11.1 Å². The smallest absolute Gasteiger partial charge is 0.335 e. The van der Waals surface area contributed by atoms with E-state index >= 15 is 0 Å². The Labute approximate surface area is 183 Å². The summed E-state index contributed by atoms with van der Waals surface area (Å²) in [5.74, 6) is -1.29. The SMILES string of the molecule is CNC(=O)c1cc(C(=O)O)cc(-c2ccc(OC3OC(CO)C(O)C(O)C3O)c(C)c2)c1. The van der Waals surface area contributed by atoms with Crippen LogP contribution in [0.4, 0.5) is 0 Å². The Morgan fingerprint density at radius 2 is 1.69 bits per heavy atom. The number of aliphatic hydroxyl groups excluding tert-OH is 4. The molecule has 172 valence electrons. The van der Waals surface area contributed by atoms with Crippen molar-refractivity contribution in [1.82, 2.24) is 5.32 Å². The van der Waals surface area contributed by atoms with Crippen LogP contribution in [0.3, 0.4) is 0 Å². The summed E-state index contributed by atoms with van der Waals surface area (Å²) in [7, 11) is 1.45. The van der Waals surface area contributed by atoms with E-state index in [0.29, 0.717) is 22.4 Å². The Bertz CT molecular complexity index is 1010. The van der Waals surface area contributed by atoms with Crippen LogP contribution in [0.2, 0.25) is 0 Å². The van der Waals surface area contributed by atoms with Crippen molar-refractivity contribution < 1.29 is 44.6 Å². The van der Waals surface area contributed by atoms with Crippen molar-refractivity contribution >= 4 is 11.9 Å². The lowest BCUT2D eigenvalue weighted by Crippen LogP contribution is -2.60. The van der Waals surface area contributed by atoms with Crippen molar-refractivity contribution in [3.63, 3.8) is 0 Å². The standard InChI is InChI=1S/C22H25NO9/c1-10-5-11(12-6-13(20(28)23-2)8-14(7-12)21(29)30)3-4-15(10)31-22-19(27)18(26)17(25)16(9-24)32-22/h3-8,16-19,22,24-27H,9H2,1-2H3,(H,23,28)(H,29,30). The monoisotopic (exact) mass is 447 g/mol. The molecule has 5 unspecified atom stereocenters. The first-order chi connectivity index (χ1) is 15.2. The number of rotatable bonds is 6. The molecule has 1 amide bonds. The van der Waals surface area contributed by atoms with Crippen LogP contribution in [0.15, 0.2) is 36.4 Å². The summed E-state index contributed by atoms with van der Waals surface area (Å²) < 4.78 is 11.0. The van der Waals surface area contributed by atoms with Gasteiger partial charge >= 0.3 is 5.97 Å². The number of aliphatic hydroxyl groups is 4. The molecule has 10 heteroatoms. The van der Waals surface area contributed by atoms with Gasteiger partial charge in [0.25, 0.3) is 5.91 Å². The van der Waals surface area contributed by atoms with Crippen LogP contribution in [0.5, 0.6) is 5.75 Å². The second-order valence-electron chi connectivity index (χ2n) is 7.48. The third-order valence-electron chi connectivity index (χ3n) is 5.27. The third kappa shape index (κ3) is 4.74. The number of hydrogen-bond donors (Lipinski definition) is 6. The number of carbonyl (C=O) groups excluding carboxylic acids is 1. The van der Waals surface area contributed by atoms with Crippen LogP contribution in [-0.2, 0) is 4.74 Å². The van der Waals surface area contributed by atoms with E-state index in [1.165, 1.54) is 19.2 Å². The molecule has 1 aliphatic heterocycles. The number of benzene rings is 2. The Kier molecular flexibility index (Phi) is 7.12. The molecule has 0 saturated carbocycles. The van der Waals surface area contributed by atoms with E-state index in [2.05, 4.69) is 5.32 Å². The van der Waals surface area contributed by atoms with E-state index < -0.39 is 49.2 Å². The fourth-order valence-corrected chi connectivity index (χ4v) is 3.44. The lowest BCUT2D eigenvalue weighted by molar-refractivity contribution is -0.277. The highest BCUT2D eigenvalue weighted by atomic mass is 16.7. The molecule has 10 nitrogen and oxygen atoms in total. The van der Waals surface area contributed by atoms with Gasteiger partial charge in [-0.05, 0) is 53.9 Å². The number of carbonyl (C=O) groups is 2. The normalized spacial score (nSPS) is 25.2. The molecule has 0 aliphatic carbocycles. The zero-order valence-corrected chi connectivity index (χ0v) is 17.4. The molecular formula is C22H25NO9. The van der Waals surface area contributed by atoms with Crippen molar-refractivity contribution in [2.24, 2.45) is 0 Å². The molecule has 1 heterocycles. The molecule has 1 fully saturated rings. The first-order valence-electron chi connectivity index (χ1n) is 9.85. The molecule has 32 heavy (non-hydrogen) atoms. The fourth-order valence-electron chi connectivity index (χ4n) is 3.44. The molecule has 5 atom stereocenters. The molecule has 0 aromatic heterocycles. The van der Waals surface area contributed by atoms with Gasteiger partial charge in [-0.1, -0.05) is 6.07 Å². The Morgan fingerprint density at radius 1 is 1.00 bits per heavy atom. The highest BCUT2D eigenvalue weighted by Gasteiger charge is 2.44. The molecule has 6 N–H and O–H groups in total. The van der Waals surface area contributed by atoms with Gasteiger partial charge in [0.05, 0.1) is 12.2 Å². The number of carboxylic acid groups (broad SMARTS) is 1. The third-order valence-corrected chi connectivity index (χ3v) is 5.27. The number of ether oxygens (including phenoxy) is 2. The molecular weight excluding hydrogens is 422 g/mol. The van der Waals surface area contributed by atoms with Crippen LogP contribution >= 0.6 is 0 Å². The number of aromatic carboxylic acids is 1. The van der Waals surface area contributed by atoms with E-state index in [9.17, 15) is 35.1 Å². The van der Waals surface area contributed by atoms with Gasteiger partial charge in [0.2, 0.25) is 6.29 Å². The second kappa shape index (κ2) is 9.63. The zero-order valence-electron chi connectivity index (χ0n) is 17.4. The molecule has 1 saturated heterocycles. The van der Waals surface area contributed by atoms with Gasteiger partial charge in [0, 0.05) is 12.6 Å². The maximum absolute atomic E-state index is 12.0. The number of nitrogens with one attached hydrogen (secondary N) is 1. The lowest BCUT2D eigenvalue weighted by Gasteiger charge is -2.39. The van der Waals surface area contributed by atoms with Gasteiger partial charge in [0.1, 0.15) is 30.2 Å². The summed E-state index contributed by atoms with van der Waals surface area (Å²) in [6.45, 7) is 1.14. The van der Waals surface area contributed by atoms with E-state index in [1.54, 1.807) is 31.2 Å². The first-order valence-corrected chi connectivity index (χ1v) is 9.85. The highest BCUT2D eigenvalue weighted by molar-refractivity contribution is 5.99. The van der Waals surface area contributed by atoms with Crippen molar-refractivity contribution in [2.45, 2.75) is 37.6 Å². The fraction of sp³-hybridized carbons (Fsp3) is 0.364. The predicted molar refractivity (Wildman–Crippen MR) is 111 cm³/mol. The average Bonchev–Trinajstić information content (AvgIpc) is 2.79. The maximum atomic E-state index is 12.0. The van der Waals surface area contributed by atoms with Gasteiger partial charge in [-0.15, -0.1) is 0 Å². The van der Waals surface area contributed by atoms with E-state index in [1.807, 2.05) is 0 Å². The van der Waals surface area contributed by atoms with Crippen molar-refractivity contribution in [2.75, 3.05) is 13.7 Å². The first kappa shape index (κ1) is 23.6. The average molecular weight is 447 g/mol. The maximum Gasteiger partial charge on any atom is 0.335 e. The quantitative estimate of drug-likeness (QED) is 0.354. The molecule has 2 aromatic carbocycles. The van der Waals surface area contributed by atoms with Gasteiger partial charge in [-0.2, -0.15) is 0 Å². The van der Waals surface area contributed by atoms with Crippen LogP contribution in [0.1, 0.15) is 26.3 Å². The van der Waals surface area contributed by atoms with Gasteiger partial charge in [-0.25, -0.2) is 4.79 Å². The molecule has 3 rings (SSSR count). The highest BCUT2D eigenvalue weighted by Crippen LogP contribution is 2.30. The number of hydrogen-bond acceptors (Lipinski definition) is 8. The van der Waals surface area contributed by atoms with Gasteiger partial charge in [-0.3, -0.25) is 4.79 Å². The zero-order chi connectivity index (χ0) is 23.6. The molecule has 0 radical (unpaired) electrons. The van der Waals surface area contributed by atoms with E-state index in [4.69, 9.17) is 9.47 Å². The summed E-state index contributed by atoms with van der Waals surface area (Å²) >= 11 is 0. The molecule has 1 aliphatic rings. The summed E-state index contributed by atoms with van der Waals surface area (Å²) in [6, 6.07) is 9.21. The number of amides is 1. The molecule has 0 bridgehead atoms. The van der Waals surface area contributed by atoms with Crippen molar-refractivity contribution in [1.29, 1.82) is 0 Å². The van der Waals surface area contributed by atoms with Crippen LogP contribution in [-0.4, -0.2) is 81.8 Å².